The Bertz CT molecular complexity index is 615. The van der Waals surface area contributed by atoms with Gasteiger partial charge in [-0.2, -0.15) is 0 Å². The SMILES string of the molecule is Cc1sc(Nc2cc(F)ccc2Cl)nc1C(=O)O. The summed E-state index contributed by atoms with van der Waals surface area (Å²) in [6, 6.07) is 3.88. The van der Waals surface area contributed by atoms with Gasteiger partial charge in [0.2, 0.25) is 0 Å². The fourth-order valence-corrected chi connectivity index (χ4v) is 2.34. The van der Waals surface area contributed by atoms with Gasteiger partial charge in [-0.3, -0.25) is 0 Å². The summed E-state index contributed by atoms with van der Waals surface area (Å²) in [5, 5.41) is 12.4. The maximum atomic E-state index is 13.1. The van der Waals surface area contributed by atoms with Gasteiger partial charge >= 0.3 is 5.97 Å². The average Bonchev–Trinajstić information content (AvgIpc) is 2.65. The molecular weight excluding hydrogens is 279 g/mol. The Morgan fingerprint density at radius 1 is 1.56 bits per heavy atom. The van der Waals surface area contributed by atoms with Crippen LogP contribution in [0.4, 0.5) is 15.2 Å². The van der Waals surface area contributed by atoms with Crippen LogP contribution >= 0.6 is 22.9 Å². The Kier molecular flexibility index (Phi) is 3.49. The number of carboxylic acids is 1. The van der Waals surface area contributed by atoms with Crippen LogP contribution in [0.25, 0.3) is 0 Å². The summed E-state index contributed by atoms with van der Waals surface area (Å²) in [7, 11) is 0. The molecule has 2 aromatic rings. The number of nitrogens with zero attached hydrogens (tertiary/aromatic N) is 1. The number of aromatic nitrogens is 1. The van der Waals surface area contributed by atoms with Gasteiger partial charge in [0.05, 0.1) is 10.7 Å². The summed E-state index contributed by atoms with van der Waals surface area (Å²) in [5.41, 5.74) is 0.331. The molecule has 4 nitrogen and oxygen atoms in total. The second-order valence-corrected chi connectivity index (χ2v) is 5.09. The van der Waals surface area contributed by atoms with Crippen LogP contribution in [-0.2, 0) is 0 Å². The molecule has 0 aliphatic rings. The highest BCUT2D eigenvalue weighted by molar-refractivity contribution is 7.15. The maximum absolute atomic E-state index is 13.1. The monoisotopic (exact) mass is 286 g/mol. The van der Waals surface area contributed by atoms with E-state index in [9.17, 15) is 9.18 Å². The van der Waals surface area contributed by atoms with Gasteiger partial charge in [0.1, 0.15) is 5.82 Å². The molecule has 0 aliphatic heterocycles. The first kappa shape index (κ1) is 12.8. The van der Waals surface area contributed by atoms with Crippen LogP contribution in [0.1, 0.15) is 15.4 Å². The molecule has 0 aliphatic carbocycles. The smallest absolute Gasteiger partial charge is 0.355 e. The number of hydrogen-bond acceptors (Lipinski definition) is 4. The predicted molar refractivity (Wildman–Crippen MR) is 68.5 cm³/mol. The van der Waals surface area contributed by atoms with E-state index >= 15 is 0 Å². The molecule has 0 atom stereocenters. The first-order valence-corrected chi connectivity index (χ1v) is 6.09. The van der Waals surface area contributed by atoms with E-state index in [0.717, 1.165) is 0 Å². The van der Waals surface area contributed by atoms with Crippen LogP contribution in [0.15, 0.2) is 18.2 Å². The normalized spacial score (nSPS) is 10.4. The molecule has 1 aromatic carbocycles. The van der Waals surface area contributed by atoms with E-state index in [2.05, 4.69) is 10.3 Å². The number of halogens is 2. The van der Waals surface area contributed by atoms with Crippen molar-refractivity contribution in [1.29, 1.82) is 0 Å². The lowest BCUT2D eigenvalue weighted by atomic mass is 10.3. The first-order valence-electron chi connectivity index (χ1n) is 4.90. The zero-order valence-electron chi connectivity index (χ0n) is 9.20. The minimum Gasteiger partial charge on any atom is -0.476 e. The lowest BCUT2D eigenvalue weighted by Gasteiger charge is -2.04. The van der Waals surface area contributed by atoms with E-state index in [4.69, 9.17) is 16.7 Å². The Labute approximate surface area is 111 Å². The Balaban J connectivity index is 2.31. The van der Waals surface area contributed by atoms with Crippen LogP contribution < -0.4 is 5.32 Å². The number of carboxylic acid groups (broad SMARTS) is 1. The highest BCUT2D eigenvalue weighted by Gasteiger charge is 2.14. The molecule has 2 rings (SSSR count). The predicted octanol–water partition coefficient (Wildman–Crippen LogP) is 3.69. The van der Waals surface area contributed by atoms with E-state index in [0.29, 0.717) is 20.7 Å². The van der Waals surface area contributed by atoms with E-state index < -0.39 is 11.8 Å². The fraction of sp³-hybridized carbons (Fsp3) is 0.0909. The lowest BCUT2D eigenvalue weighted by Crippen LogP contribution is -1.99. The molecule has 0 saturated carbocycles. The van der Waals surface area contributed by atoms with Gasteiger partial charge in [0, 0.05) is 4.88 Å². The molecule has 0 radical (unpaired) electrons. The quantitative estimate of drug-likeness (QED) is 0.903. The van der Waals surface area contributed by atoms with E-state index in [1.165, 1.54) is 29.5 Å². The largest absolute Gasteiger partial charge is 0.476 e. The lowest BCUT2D eigenvalue weighted by molar-refractivity contribution is 0.0690. The minimum absolute atomic E-state index is 0.0185. The van der Waals surface area contributed by atoms with Crippen LogP contribution in [0, 0.1) is 12.7 Å². The molecule has 18 heavy (non-hydrogen) atoms. The third-order valence-electron chi connectivity index (χ3n) is 2.17. The number of benzene rings is 1. The Hall–Kier alpha value is -1.66. The minimum atomic E-state index is -1.10. The van der Waals surface area contributed by atoms with Crippen molar-refractivity contribution >= 4 is 39.7 Å². The second-order valence-electron chi connectivity index (χ2n) is 3.48. The number of thiazole rings is 1. The third kappa shape index (κ3) is 2.60. The Morgan fingerprint density at radius 3 is 2.89 bits per heavy atom. The number of hydrogen-bond donors (Lipinski definition) is 2. The molecule has 0 spiro atoms. The van der Waals surface area contributed by atoms with Crippen LogP contribution in [0.5, 0.6) is 0 Å². The molecule has 2 N–H and O–H groups in total. The topological polar surface area (TPSA) is 62.2 Å². The van der Waals surface area contributed by atoms with Crippen LogP contribution in [0.2, 0.25) is 5.02 Å². The average molecular weight is 287 g/mol. The van der Waals surface area contributed by atoms with Crippen molar-refractivity contribution in [3.05, 3.63) is 39.6 Å². The van der Waals surface area contributed by atoms with Gasteiger partial charge in [-0.25, -0.2) is 14.2 Å². The molecular formula is C11H8ClFN2O2S. The summed E-state index contributed by atoms with van der Waals surface area (Å²) in [4.78, 5) is 15.3. The van der Waals surface area contributed by atoms with E-state index in [1.807, 2.05) is 0 Å². The highest BCUT2D eigenvalue weighted by Crippen LogP contribution is 2.29. The molecule has 0 saturated heterocycles. The fourth-order valence-electron chi connectivity index (χ4n) is 1.36. The highest BCUT2D eigenvalue weighted by atomic mass is 35.5. The van der Waals surface area contributed by atoms with Gasteiger partial charge in [-0.05, 0) is 25.1 Å². The number of nitrogens with one attached hydrogen (secondary N) is 1. The summed E-state index contributed by atoms with van der Waals surface area (Å²) < 4.78 is 13.1. The van der Waals surface area contributed by atoms with Crippen molar-refractivity contribution in [2.75, 3.05) is 5.32 Å². The molecule has 1 aromatic heterocycles. The summed E-state index contributed by atoms with van der Waals surface area (Å²) >= 11 is 7.05. The number of aryl methyl sites for hydroxylation is 1. The van der Waals surface area contributed by atoms with Crippen molar-refractivity contribution in [3.63, 3.8) is 0 Å². The van der Waals surface area contributed by atoms with Crippen molar-refractivity contribution < 1.29 is 14.3 Å². The van der Waals surface area contributed by atoms with Gasteiger partial charge in [0.25, 0.3) is 0 Å². The van der Waals surface area contributed by atoms with Gasteiger partial charge in [0.15, 0.2) is 10.8 Å². The molecule has 0 fully saturated rings. The standard InChI is InChI=1S/C11H8ClFN2O2S/c1-5-9(10(16)17)15-11(18-5)14-8-4-6(13)2-3-7(8)12/h2-4H,1H3,(H,14,15)(H,16,17). The molecule has 0 unspecified atom stereocenters. The number of carbonyl (C=O) groups is 1. The first-order chi connectivity index (χ1) is 8.47. The van der Waals surface area contributed by atoms with Crippen molar-refractivity contribution in [3.8, 4) is 0 Å². The van der Waals surface area contributed by atoms with Gasteiger partial charge < -0.3 is 10.4 Å². The van der Waals surface area contributed by atoms with Crippen molar-refractivity contribution in [2.24, 2.45) is 0 Å². The summed E-state index contributed by atoms with van der Waals surface area (Å²) in [5.74, 6) is -1.53. The zero-order valence-corrected chi connectivity index (χ0v) is 10.8. The molecule has 1 heterocycles. The second kappa shape index (κ2) is 4.91. The van der Waals surface area contributed by atoms with Crippen LogP contribution in [-0.4, -0.2) is 16.1 Å². The van der Waals surface area contributed by atoms with Gasteiger partial charge in [-0.1, -0.05) is 11.6 Å². The summed E-state index contributed by atoms with van der Waals surface area (Å²) in [6.07, 6.45) is 0. The van der Waals surface area contributed by atoms with E-state index in [-0.39, 0.29) is 5.69 Å². The van der Waals surface area contributed by atoms with Gasteiger partial charge in [-0.15, -0.1) is 11.3 Å². The van der Waals surface area contributed by atoms with Crippen molar-refractivity contribution in [2.45, 2.75) is 6.92 Å². The number of rotatable bonds is 3. The number of anilines is 2. The third-order valence-corrected chi connectivity index (χ3v) is 3.39. The zero-order chi connectivity index (χ0) is 13.3. The molecule has 7 heteroatoms. The number of aromatic carboxylic acids is 1. The molecule has 0 amide bonds. The molecule has 0 bridgehead atoms. The Morgan fingerprint density at radius 2 is 2.28 bits per heavy atom. The van der Waals surface area contributed by atoms with Crippen molar-refractivity contribution in [1.82, 2.24) is 4.98 Å². The molecule has 94 valence electrons. The van der Waals surface area contributed by atoms with Crippen LogP contribution in [0.3, 0.4) is 0 Å². The summed E-state index contributed by atoms with van der Waals surface area (Å²) in [6.45, 7) is 1.65. The maximum Gasteiger partial charge on any atom is 0.355 e. The van der Waals surface area contributed by atoms with E-state index in [1.54, 1.807) is 6.92 Å².